The molecule has 0 amide bonds. The van der Waals surface area contributed by atoms with Crippen LogP contribution in [0, 0.1) is 5.82 Å². The van der Waals surface area contributed by atoms with Crippen molar-refractivity contribution in [3.63, 3.8) is 0 Å². The lowest BCUT2D eigenvalue weighted by molar-refractivity contribution is 0.624. The molecule has 1 unspecified atom stereocenters. The van der Waals surface area contributed by atoms with E-state index in [-0.39, 0.29) is 11.2 Å². The van der Waals surface area contributed by atoms with E-state index < -0.39 is 0 Å². The summed E-state index contributed by atoms with van der Waals surface area (Å²) in [5.74, 6) is -0.223. The molecule has 4 heteroatoms. The molecule has 0 aliphatic heterocycles. The fraction of sp³-hybridized carbons (Fsp3) is 0.250. The van der Waals surface area contributed by atoms with Crippen LogP contribution in [-0.4, -0.2) is 9.78 Å². The van der Waals surface area contributed by atoms with Crippen LogP contribution in [0.3, 0.4) is 0 Å². The summed E-state index contributed by atoms with van der Waals surface area (Å²) >= 11 is 5.94. The number of alkyl halides is 1. The van der Waals surface area contributed by atoms with E-state index in [0.29, 0.717) is 6.54 Å². The molecule has 0 aliphatic carbocycles. The third-order valence-electron chi connectivity index (χ3n) is 2.37. The predicted molar refractivity (Wildman–Crippen MR) is 62.0 cm³/mol. The Morgan fingerprint density at radius 2 is 2.06 bits per heavy atom. The molecule has 0 N–H and O–H groups in total. The molecule has 1 aromatic carbocycles. The van der Waals surface area contributed by atoms with Crippen LogP contribution in [0.2, 0.25) is 0 Å². The van der Waals surface area contributed by atoms with Crippen molar-refractivity contribution in [2.24, 2.45) is 0 Å². The molecule has 2 nitrogen and oxygen atoms in total. The van der Waals surface area contributed by atoms with Gasteiger partial charge in [0, 0.05) is 11.8 Å². The number of rotatable bonds is 3. The molecule has 84 valence electrons. The molecule has 0 aliphatic rings. The Kier molecular flexibility index (Phi) is 3.25. The molecule has 2 rings (SSSR count). The molecule has 0 saturated heterocycles. The van der Waals surface area contributed by atoms with Crippen molar-refractivity contribution in [2.45, 2.75) is 18.8 Å². The molecule has 1 aromatic heterocycles. The summed E-state index contributed by atoms with van der Waals surface area (Å²) in [6.07, 6.45) is 3.65. The monoisotopic (exact) mass is 238 g/mol. The minimum atomic E-state index is -0.223. The fourth-order valence-electron chi connectivity index (χ4n) is 1.45. The van der Waals surface area contributed by atoms with E-state index in [1.807, 2.05) is 13.1 Å². The van der Waals surface area contributed by atoms with Crippen molar-refractivity contribution < 1.29 is 4.39 Å². The van der Waals surface area contributed by atoms with E-state index in [0.717, 1.165) is 11.1 Å². The Bertz CT molecular complexity index is 462. The Morgan fingerprint density at radius 3 is 2.62 bits per heavy atom. The molecule has 0 fully saturated rings. The van der Waals surface area contributed by atoms with Gasteiger partial charge in [0.05, 0.1) is 18.1 Å². The number of benzene rings is 1. The highest BCUT2D eigenvalue weighted by molar-refractivity contribution is 6.20. The van der Waals surface area contributed by atoms with Gasteiger partial charge in [-0.3, -0.25) is 4.68 Å². The van der Waals surface area contributed by atoms with Crippen molar-refractivity contribution in [2.75, 3.05) is 0 Å². The van der Waals surface area contributed by atoms with Gasteiger partial charge in [-0.25, -0.2) is 4.39 Å². The molecule has 0 spiro atoms. The first-order chi connectivity index (χ1) is 7.65. The topological polar surface area (TPSA) is 17.8 Å². The maximum atomic E-state index is 12.7. The van der Waals surface area contributed by atoms with Crippen LogP contribution < -0.4 is 0 Å². The minimum absolute atomic E-state index is 0.0398. The second kappa shape index (κ2) is 4.66. The van der Waals surface area contributed by atoms with Crippen LogP contribution in [0.1, 0.15) is 23.4 Å². The lowest BCUT2D eigenvalue weighted by Gasteiger charge is -2.01. The molecule has 2 aromatic rings. The van der Waals surface area contributed by atoms with Crippen molar-refractivity contribution in [3.8, 4) is 0 Å². The lowest BCUT2D eigenvalue weighted by atomic mass is 10.2. The highest BCUT2D eigenvalue weighted by Gasteiger charge is 2.04. The van der Waals surface area contributed by atoms with Gasteiger partial charge in [0.25, 0.3) is 0 Å². The van der Waals surface area contributed by atoms with Crippen LogP contribution in [-0.2, 0) is 6.54 Å². The van der Waals surface area contributed by atoms with Gasteiger partial charge in [0.2, 0.25) is 0 Å². The van der Waals surface area contributed by atoms with Crippen LogP contribution in [0.15, 0.2) is 36.7 Å². The molecule has 1 heterocycles. The Labute approximate surface area is 98.7 Å². The average Bonchev–Trinajstić information content (AvgIpc) is 2.70. The largest absolute Gasteiger partial charge is 0.268 e. The van der Waals surface area contributed by atoms with Crippen LogP contribution in [0.5, 0.6) is 0 Å². The summed E-state index contributed by atoms with van der Waals surface area (Å²) in [6, 6.07) is 6.40. The van der Waals surface area contributed by atoms with Gasteiger partial charge in [-0.05, 0) is 24.6 Å². The van der Waals surface area contributed by atoms with E-state index in [1.54, 1.807) is 23.0 Å². The summed E-state index contributed by atoms with van der Waals surface area (Å²) in [6.45, 7) is 2.53. The maximum Gasteiger partial charge on any atom is 0.123 e. The first kappa shape index (κ1) is 11.1. The standard InChI is InChI=1S/C12H12ClFN2/c1-9(13)11-6-15-16(8-11)7-10-2-4-12(14)5-3-10/h2-6,8-9H,7H2,1H3. The molecule has 1 atom stereocenters. The number of hydrogen-bond acceptors (Lipinski definition) is 1. The van der Waals surface area contributed by atoms with Gasteiger partial charge < -0.3 is 0 Å². The second-order valence-corrected chi connectivity index (χ2v) is 4.37. The smallest absolute Gasteiger partial charge is 0.123 e. The highest BCUT2D eigenvalue weighted by atomic mass is 35.5. The first-order valence-corrected chi connectivity index (χ1v) is 5.49. The molecule has 0 bridgehead atoms. The van der Waals surface area contributed by atoms with Gasteiger partial charge in [-0.2, -0.15) is 5.10 Å². The quantitative estimate of drug-likeness (QED) is 0.750. The number of hydrogen-bond donors (Lipinski definition) is 0. The van der Waals surface area contributed by atoms with Crippen molar-refractivity contribution in [3.05, 3.63) is 53.6 Å². The normalized spacial score (nSPS) is 12.7. The fourth-order valence-corrected chi connectivity index (χ4v) is 1.56. The number of halogens is 2. The van der Waals surface area contributed by atoms with Gasteiger partial charge >= 0.3 is 0 Å². The third kappa shape index (κ3) is 2.61. The van der Waals surface area contributed by atoms with E-state index >= 15 is 0 Å². The first-order valence-electron chi connectivity index (χ1n) is 5.06. The van der Waals surface area contributed by atoms with Crippen LogP contribution >= 0.6 is 11.6 Å². The molecule has 0 saturated carbocycles. The van der Waals surface area contributed by atoms with Gasteiger partial charge in [0.15, 0.2) is 0 Å². The third-order valence-corrected chi connectivity index (χ3v) is 2.62. The summed E-state index contributed by atoms with van der Waals surface area (Å²) in [7, 11) is 0. The molecule has 0 radical (unpaired) electrons. The second-order valence-electron chi connectivity index (χ2n) is 3.71. The maximum absolute atomic E-state index is 12.7. The predicted octanol–water partition coefficient (Wildman–Crippen LogP) is 3.37. The van der Waals surface area contributed by atoms with E-state index in [4.69, 9.17) is 11.6 Å². The molecular formula is C12H12ClFN2. The van der Waals surface area contributed by atoms with Gasteiger partial charge in [-0.1, -0.05) is 12.1 Å². The Balaban J connectivity index is 2.11. The van der Waals surface area contributed by atoms with E-state index in [1.165, 1.54) is 12.1 Å². The van der Waals surface area contributed by atoms with Crippen molar-refractivity contribution >= 4 is 11.6 Å². The summed E-state index contributed by atoms with van der Waals surface area (Å²) in [5.41, 5.74) is 2.00. The van der Waals surface area contributed by atoms with E-state index in [2.05, 4.69) is 5.10 Å². The molecular weight excluding hydrogens is 227 g/mol. The summed E-state index contributed by atoms with van der Waals surface area (Å²) in [4.78, 5) is 0. The number of nitrogens with zero attached hydrogens (tertiary/aromatic N) is 2. The van der Waals surface area contributed by atoms with Crippen molar-refractivity contribution in [1.82, 2.24) is 9.78 Å². The molecule has 16 heavy (non-hydrogen) atoms. The zero-order valence-corrected chi connectivity index (χ0v) is 9.65. The Morgan fingerprint density at radius 1 is 1.38 bits per heavy atom. The SMILES string of the molecule is CC(Cl)c1cnn(Cc2ccc(F)cc2)c1. The highest BCUT2D eigenvalue weighted by Crippen LogP contribution is 2.18. The average molecular weight is 239 g/mol. The lowest BCUT2D eigenvalue weighted by Crippen LogP contribution is -1.99. The van der Waals surface area contributed by atoms with Crippen LogP contribution in [0.25, 0.3) is 0 Å². The minimum Gasteiger partial charge on any atom is -0.268 e. The van der Waals surface area contributed by atoms with Gasteiger partial charge in [-0.15, -0.1) is 11.6 Å². The Hall–Kier alpha value is -1.35. The van der Waals surface area contributed by atoms with Crippen LogP contribution in [0.4, 0.5) is 4.39 Å². The number of aromatic nitrogens is 2. The summed E-state index contributed by atoms with van der Waals surface area (Å²) in [5, 5.41) is 4.15. The zero-order chi connectivity index (χ0) is 11.5. The van der Waals surface area contributed by atoms with Crippen molar-refractivity contribution in [1.29, 1.82) is 0 Å². The summed E-state index contributed by atoms with van der Waals surface area (Å²) < 4.78 is 14.5. The van der Waals surface area contributed by atoms with Gasteiger partial charge in [0.1, 0.15) is 5.82 Å². The zero-order valence-electron chi connectivity index (χ0n) is 8.90. The van der Waals surface area contributed by atoms with E-state index in [9.17, 15) is 4.39 Å².